The van der Waals surface area contributed by atoms with Crippen LogP contribution in [-0.4, -0.2) is 23.8 Å². The molecule has 21 heavy (non-hydrogen) atoms. The van der Waals surface area contributed by atoms with Crippen molar-refractivity contribution in [2.75, 3.05) is 0 Å². The van der Waals surface area contributed by atoms with Gasteiger partial charge in [-0.25, -0.2) is 0 Å². The van der Waals surface area contributed by atoms with Gasteiger partial charge in [0, 0.05) is 6.21 Å². The Labute approximate surface area is 128 Å². The zero-order valence-electron chi connectivity index (χ0n) is 14.0. The maximum Gasteiger partial charge on any atom is 0.308 e. The number of ether oxygens (including phenoxy) is 1. The van der Waals surface area contributed by atoms with Crippen molar-refractivity contribution in [2.24, 2.45) is 10.4 Å². The minimum Gasteiger partial charge on any atom is -0.460 e. The Balaban J connectivity index is 2.78. The molecule has 0 aromatic heterocycles. The lowest BCUT2D eigenvalue weighted by atomic mass is 9.85. The number of hydrogen-bond donors (Lipinski definition) is 0. The van der Waals surface area contributed by atoms with Crippen LogP contribution < -0.4 is 0 Å². The molecular formula is C18H27NO2. The number of carbonyl (C=O) groups is 1. The van der Waals surface area contributed by atoms with Crippen LogP contribution in [0.4, 0.5) is 0 Å². The molecule has 0 spiro atoms. The Hall–Kier alpha value is -1.64. The zero-order valence-corrected chi connectivity index (χ0v) is 14.0. The average molecular weight is 289 g/mol. The van der Waals surface area contributed by atoms with E-state index in [9.17, 15) is 4.79 Å². The molecule has 0 unspecified atom stereocenters. The lowest BCUT2D eigenvalue weighted by Gasteiger charge is -2.28. The van der Waals surface area contributed by atoms with Crippen LogP contribution in [0.5, 0.6) is 0 Å². The summed E-state index contributed by atoms with van der Waals surface area (Å²) in [6, 6.07) is 9.81. The van der Waals surface area contributed by atoms with Gasteiger partial charge in [-0.05, 0) is 31.7 Å². The number of esters is 1. The number of rotatable bonds is 4. The maximum absolute atomic E-state index is 12.0. The molecule has 1 aromatic rings. The van der Waals surface area contributed by atoms with Crippen LogP contribution in [0.3, 0.4) is 0 Å². The van der Waals surface area contributed by atoms with Crippen LogP contribution in [0.15, 0.2) is 35.3 Å². The van der Waals surface area contributed by atoms with Crippen LogP contribution >= 0.6 is 0 Å². The van der Waals surface area contributed by atoms with Crippen LogP contribution in [0, 0.1) is 5.41 Å². The summed E-state index contributed by atoms with van der Waals surface area (Å²) in [5, 5.41) is 0. The van der Waals surface area contributed by atoms with Crippen molar-refractivity contribution in [3.63, 3.8) is 0 Å². The summed E-state index contributed by atoms with van der Waals surface area (Å²) in [4.78, 5) is 16.6. The number of carbonyl (C=O) groups excluding carboxylic acids is 1. The molecule has 116 valence electrons. The molecule has 0 saturated heterocycles. The van der Waals surface area contributed by atoms with E-state index in [2.05, 4.69) is 25.8 Å². The van der Waals surface area contributed by atoms with E-state index < -0.39 is 5.60 Å². The van der Waals surface area contributed by atoms with Crippen LogP contribution in [0.25, 0.3) is 0 Å². The summed E-state index contributed by atoms with van der Waals surface area (Å²) in [6.07, 6.45) is 2.13. The normalized spacial score (nSPS) is 14.2. The second-order valence-corrected chi connectivity index (χ2v) is 7.36. The number of aliphatic imine (C=N–C) groups is 1. The van der Waals surface area contributed by atoms with Gasteiger partial charge in [-0.2, -0.15) is 0 Å². The van der Waals surface area contributed by atoms with Crippen LogP contribution in [0.1, 0.15) is 53.5 Å². The van der Waals surface area contributed by atoms with Gasteiger partial charge in [0.05, 0.1) is 12.5 Å². The summed E-state index contributed by atoms with van der Waals surface area (Å²) < 4.78 is 5.40. The molecule has 0 N–H and O–H groups in total. The fraction of sp³-hybridized carbons (Fsp3) is 0.556. The molecule has 0 radical (unpaired) electrons. The topological polar surface area (TPSA) is 38.7 Å². The van der Waals surface area contributed by atoms with E-state index in [1.165, 1.54) is 0 Å². The quantitative estimate of drug-likeness (QED) is 0.614. The van der Waals surface area contributed by atoms with Crippen LogP contribution in [0.2, 0.25) is 0 Å². The SMILES string of the molecule is CC(C)(C)OC(=O)C[C@H](N=Cc1ccccc1)C(C)(C)C. The third-order valence-electron chi connectivity index (χ3n) is 2.98. The first kappa shape index (κ1) is 17.4. The van der Waals surface area contributed by atoms with E-state index in [-0.39, 0.29) is 17.4 Å². The monoisotopic (exact) mass is 289 g/mol. The van der Waals surface area contributed by atoms with Crippen molar-refractivity contribution in [2.45, 2.75) is 59.6 Å². The van der Waals surface area contributed by atoms with Crippen molar-refractivity contribution in [3.05, 3.63) is 35.9 Å². The smallest absolute Gasteiger partial charge is 0.308 e. The standard InChI is InChI=1S/C18H27NO2/c1-17(2,3)15(12-16(20)21-18(4,5)6)19-13-14-10-8-7-9-11-14/h7-11,13,15H,12H2,1-6H3/t15-/m0/s1. The highest BCUT2D eigenvalue weighted by Crippen LogP contribution is 2.26. The molecule has 3 heteroatoms. The first-order valence-corrected chi connectivity index (χ1v) is 7.38. The minimum atomic E-state index is -0.456. The van der Waals surface area contributed by atoms with E-state index >= 15 is 0 Å². The van der Waals surface area contributed by atoms with Crippen molar-refractivity contribution in [1.82, 2.24) is 0 Å². The first-order valence-electron chi connectivity index (χ1n) is 7.38. The molecule has 1 aromatic carbocycles. The van der Waals surface area contributed by atoms with Gasteiger partial charge in [-0.3, -0.25) is 9.79 Å². The third kappa shape index (κ3) is 7.07. The van der Waals surface area contributed by atoms with Gasteiger partial charge >= 0.3 is 5.97 Å². The molecular weight excluding hydrogens is 262 g/mol. The molecule has 0 amide bonds. The summed E-state index contributed by atoms with van der Waals surface area (Å²) in [5.74, 6) is -0.201. The summed E-state index contributed by atoms with van der Waals surface area (Å²) in [6.45, 7) is 11.9. The molecule has 0 aliphatic carbocycles. The fourth-order valence-corrected chi connectivity index (χ4v) is 1.84. The Kier molecular flexibility index (Phi) is 5.70. The van der Waals surface area contributed by atoms with Gasteiger partial charge in [-0.1, -0.05) is 51.1 Å². The second-order valence-electron chi connectivity index (χ2n) is 7.36. The molecule has 3 nitrogen and oxygen atoms in total. The average Bonchev–Trinajstić information content (AvgIpc) is 2.32. The van der Waals surface area contributed by atoms with Crippen molar-refractivity contribution in [3.8, 4) is 0 Å². The highest BCUT2D eigenvalue weighted by atomic mass is 16.6. The van der Waals surface area contributed by atoms with Gasteiger partial charge < -0.3 is 4.74 Å². The number of benzene rings is 1. The third-order valence-corrected chi connectivity index (χ3v) is 2.98. The van der Waals surface area contributed by atoms with Gasteiger partial charge in [0.1, 0.15) is 5.60 Å². The predicted octanol–water partition coefficient (Wildman–Crippen LogP) is 4.25. The van der Waals surface area contributed by atoms with E-state index in [1.807, 2.05) is 57.3 Å². The van der Waals surface area contributed by atoms with Crippen LogP contribution in [-0.2, 0) is 9.53 Å². The maximum atomic E-state index is 12.0. The summed E-state index contributed by atoms with van der Waals surface area (Å²) in [5.41, 5.74) is 0.487. The van der Waals surface area contributed by atoms with E-state index in [0.29, 0.717) is 6.42 Å². The molecule has 0 bridgehead atoms. The molecule has 0 aliphatic heterocycles. The Morgan fingerprint density at radius 1 is 1.14 bits per heavy atom. The van der Waals surface area contributed by atoms with Crippen molar-refractivity contribution in [1.29, 1.82) is 0 Å². The van der Waals surface area contributed by atoms with E-state index in [1.54, 1.807) is 0 Å². The van der Waals surface area contributed by atoms with Gasteiger partial charge in [0.15, 0.2) is 0 Å². The minimum absolute atomic E-state index is 0.0951. The Morgan fingerprint density at radius 3 is 2.19 bits per heavy atom. The highest BCUT2D eigenvalue weighted by molar-refractivity contribution is 5.80. The first-order chi connectivity index (χ1) is 9.58. The molecule has 0 saturated carbocycles. The second kappa shape index (κ2) is 6.88. The highest BCUT2D eigenvalue weighted by Gasteiger charge is 2.28. The number of nitrogens with zero attached hydrogens (tertiary/aromatic N) is 1. The van der Waals surface area contributed by atoms with Gasteiger partial charge in [0.2, 0.25) is 0 Å². The summed E-state index contributed by atoms with van der Waals surface area (Å²) >= 11 is 0. The lowest BCUT2D eigenvalue weighted by Crippen LogP contribution is -2.31. The molecule has 1 atom stereocenters. The zero-order chi connectivity index (χ0) is 16.1. The van der Waals surface area contributed by atoms with E-state index in [4.69, 9.17) is 4.74 Å². The summed E-state index contributed by atoms with van der Waals surface area (Å²) in [7, 11) is 0. The Morgan fingerprint density at radius 2 is 1.71 bits per heavy atom. The molecule has 0 heterocycles. The van der Waals surface area contributed by atoms with Gasteiger partial charge in [0.25, 0.3) is 0 Å². The fourth-order valence-electron chi connectivity index (χ4n) is 1.84. The molecule has 0 fully saturated rings. The van der Waals surface area contributed by atoms with E-state index in [0.717, 1.165) is 5.56 Å². The lowest BCUT2D eigenvalue weighted by molar-refractivity contribution is -0.155. The largest absolute Gasteiger partial charge is 0.460 e. The molecule has 0 aliphatic rings. The van der Waals surface area contributed by atoms with Crippen molar-refractivity contribution < 1.29 is 9.53 Å². The number of hydrogen-bond acceptors (Lipinski definition) is 3. The molecule has 1 rings (SSSR count). The predicted molar refractivity (Wildman–Crippen MR) is 87.7 cm³/mol. The Bertz CT molecular complexity index is 478. The van der Waals surface area contributed by atoms with Gasteiger partial charge in [-0.15, -0.1) is 0 Å². The van der Waals surface area contributed by atoms with Crippen molar-refractivity contribution >= 4 is 12.2 Å².